The first kappa shape index (κ1) is 15.4. The van der Waals surface area contributed by atoms with Crippen molar-refractivity contribution in [2.75, 3.05) is 27.2 Å². The minimum atomic E-state index is -0.593. The van der Waals surface area contributed by atoms with Crippen molar-refractivity contribution in [1.29, 1.82) is 0 Å². The normalized spacial score (nSPS) is 12.3. The van der Waals surface area contributed by atoms with Crippen LogP contribution >= 0.6 is 0 Å². The second-order valence-corrected chi connectivity index (χ2v) is 4.66. The second kappa shape index (κ2) is 7.74. The first-order valence-electron chi connectivity index (χ1n) is 6.33. The summed E-state index contributed by atoms with van der Waals surface area (Å²) in [5, 5.41) is 2.80. The fourth-order valence-electron chi connectivity index (χ4n) is 1.52. The number of carbonyl (C=O) groups excluding carboxylic acids is 1. The Balaban J connectivity index is 2.30. The molecule has 0 aliphatic heterocycles. The van der Waals surface area contributed by atoms with Crippen molar-refractivity contribution in [2.45, 2.75) is 19.4 Å². The van der Waals surface area contributed by atoms with Gasteiger partial charge in [0.05, 0.1) is 0 Å². The largest absolute Gasteiger partial charge is 0.481 e. The Hall–Kier alpha value is -1.62. The van der Waals surface area contributed by atoms with E-state index in [9.17, 15) is 9.18 Å². The predicted molar refractivity (Wildman–Crippen MR) is 72.7 cm³/mol. The lowest BCUT2D eigenvalue weighted by Crippen LogP contribution is -2.37. The van der Waals surface area contributed by atoms with Gasteiger partial charge in [0.1, 0.15) is 11.6 Å². The summed E-state index contributed by atoms with van der Waals surface area (Å²) in [4.78, 5) is 13.8. The Labute approximate surface area is 113 Å². The minimum Gasteiger partial charge on any atom is -0.481 e. The van der Waals surface area contributed by atoms with Crippen LogP contribution < -0.4 is 10.1 Å². The summed E-state index contributed by atoms with van der Waals surface area (Å²) in [7, 11) is 3.98. The molecule has 0 aliphatic carbocycles. The Kier molecular flexibility index (Phi) is 6.29. The van der Waals surface area contributed by atoms with Crippen LogP contribution in [0.5, 0.6) is 5.75 Å². The van der Waals surface area contributed by atoms with Crippen molar-refractivity contribution >= 4 is 5.91 Å². The van der Waals surface area contributed by atoms with E-state index in [0.29, 0.717) is 12.3 Å². The molecule has 5 heteroatoms. The molecule has 0 unspecified atom stereocenters. The average Bonchev–Trinajstić information content (AvgIpc) is 2.36. The highest BCUT2D eigenvalue weighted by atomic mass is 19.1. The fraction of sp³-hybridized carbons (Fsp3) is 0.500. The average molecular weight is 268 g/mol. The van der Waals surface area contributed by atoms with Crippen LogP contribution in [0.3, 0.4) is 0 Å². The molecule has 0 aliphatic rings. The highest BCUT2D eigenvalue weighted by molar-refractivity contribution is 5.80. The molecule has 0 aromatic heterocycles. The summed E-state index contributed by atoms with van der Waals surface area (Å²) in [6.07, 6.45) is 0.298. The molecule has 0 saturated carbocycles. The maximum atomic E-state index is 12.7. The monoisotopic (exact) mass is 268 g/mol. The van der Waals surface area contributed by atoms with Crippen LogP contribution in [-0.4, -0.2) is 44.1 Å². The van der Waals surface area contributed by atoms with Crippen molar-refractivity contribution in [3.8, 4) is 5.75 Å². The number of ether oxygens (including phenoxy) is 1. The van der Waals surface area contributed by atoms with Crippen molar-refractivity contribution in [3.05, 3.63) is 30.1 Å². The van der Waals surface area contributed by atoms with Crippen LogP contribution in [0.15, 0.2) is 24.3 Å². The number of halogens is 1. The predicted octanol–water partition coefficient (Wildman–Crippen LogP) is 1.66. The minimum absolute atomic E-state index is 0.164. The van der Waals surface area contributed by atoms with Crippen LogP contribution in [0, 0.1) is 5.82 Å². The molecule has 1 amide bonds. The fourth-order valence-corrected chi connectivity index (χ4v) is 1.52. The Morgan fingerprint density at radius 1 is 1.37 bits per heavy atom. The number of benzene rings is 1. The molecule has 1 aromatic carbocycles. The third-order valence-corrected chi connectivity index (χ3v) is 2.58. The van der Waals surface area contributed by atoms with Gasteiger partial charge in [-0.1, -0.05) is 0 Å². The zero-order chi connectivity index (χ0) is 14.3. The molecule has 0 bridgehead atoms. The van der Waals surface area contributed by atoms with E-state index >= 15 is 0 Å². The van der Waals surface area contributed by atoms with Gasteiger partial charge in [-0.3, -0.25) is 4.79 Å². The Morgan fingerprint density at radius 2 is 2.00 bits per heavy atom. The molecule has 0 radical (unpaired) electrons. The van der Waals surface area contributed by atoms with E-state index in [4.69, 9.17) is 4.74 Å². The molecule has 0 heterocycles. The van der Waals surface area contributed by atoms with E-state index in [1.807, 2.05) is 14.1 Å². The summed E-state index contributed by atoms with van der Waals surface area (Å²) in [5.74, 6) is -0.00596. The molecule has 0 fully saturated rings. The van der Waals surface area contributed by atoms with Crippen molar-refractivity contribution in [1.82, 2.24) is 10.2 Å². The number of rotatable bonds is 7. The number of amides is 1. The lowest BCUT2D eigenvalue weighted by molar-refractivity contribution is -0.127. The Morgan fingerprint density at radius 3 is 2.58 bits per heavy atom. The molecule has 1 rings (SSSR count). The quantitative estimate of drug-likeness (QED) is 0.765. The summed E-state index contributed by atoms with van der Waals surface area (Å²) >= 11 is 0. The molecule has 4 nitrogen and oxygen atoms in total. The number of hydrogen-bond acceptors (Lipinski definition) is 3. The van der Waals surface area contributed by atoms with Crippen molar-refractivity contribution < 1.29 is 13.9 Å². The third kappa shape index (κ3) is 6.20. The number of hydrogen-bond donors (Lipinski definition) is 1. The van der Waals surface area contributed by atoms with Gasteiger partial charge in [-0.15, -0.1) is 0 Å². The summed E-state index contributed by atoms with van der Waals surface area (Å²) < 4.78 is 18.1. The zero-order valence-electron chi connectivity index (χ0n) is 11.6. The van der Waals surface area contributed by atoms with Crippen LogP contribution in [0.4, 0.5) is 4.39 Å². The van der Waals surface area contributed by atoms with Gasteiger partial charge in [-0.05, 0) is 58.3 Å². The maximum absolute atomic E-state index is 12.7. The van der Waals surface area contributed by atoms with Gasteiger partial charge in [0, 0.05) is 6.54 Å². The van der Waals surface area contributed by atoms with E-state index in [2.05, 4.69) is 10.2 Å². The third-order valence-electron chi connectivity index (χ3n) is 2.58. The highest BCUT2D eigenvalue weighted by Gasteiger charge is 2.13. The second-order valence-electron chi connectivity index (χ2n) is 4.66. The molecular formula is C14H21FN2O2. The summed E-state index contributed by atoms with van der Waals surface area (Å²) in [5.41, 5.74) is 0. The van der Waals surface area contributed by atoms with Crippen LogP contribution in [0.25, 0.3) is 0 Å². The van der Waals surface area contributed by atoms with Crippen LogP contribution in [0.2, 0.25) is 0 Å². The molecule has 106 valence electrons. The first-order valence-corrected chi connectivity index (χ1v) is 6.33. The molecule has 0 spiro atoms. The number of carbonyl (C=O) groups is 1. The topological polar surface area (TPSA) is 41.6 Å². The van der Waals surface area contributed by atoms with E-state index < -0.39 is 6.10 Å². The SMILES string of the molecule is C[C@H](Oc1ccc(F)cc1)C(=O)NCCCN(C)C. The van der Waals surface area contributed by atoms with Gasteiger partial charge in [0.2, 0.25) is 0 Å². The molecule has 1 N–H and O–H groups in total. The molecule has 0 saturated heterocycles. The van der Waals surface area contributed by atoms with E-state index in [1.54, 1.807) is 6.92 Å². The Bertz CT molecular complexity index is 393. The molecule has 19 heavy (non-hydrogen) atoms. The van der Waals surface area contributed by atoms with E-state index in [-0.39, 0.29) is 11.7 Å². The standard InChI is InChI=1S/C14H21FN2O2/c1-11(14(18)16-9-4-10-17(2)3)19-13-7-5-12(15)6-8-13/h5-8,11H,4,9-10H2,1-3H3,(H,16,18)/t11-/m0/s1. The van der Waals surface area contributed by atoms with Gasteiger partial charge >= 0.3 is 0 Å². The summed E-state index contributed by atoms with van der Waals surface area (Å²) in [6, 6.07) is 5.62. The molecule has 1 atom stereocenters. The van der Waals surface area contributed by atoms with Gasteiger partial charge in [0.15, 0.2) is 6.10 Å². The number of nitrogens with zero attached hydrogens (tertiary/aromatic N) is 1. The lowest BCUT2D eigenvalue weighted by Gasteiger charge is -2.15. The van der Waals surface area contributed by atoms with Gasteiger partial charge in [-0.2, -0.15) is 0 Å². The lowest BCUT2D eigenvalue weighted by atomic mass is 10.3. The van der Waals surface area contributed by atoms with E-state index in [1.165, 1.54) is 24.3 Å². The molecule has 1 aromatic rings. The van der Waals surface area contributed by atoms with Crippen molar-refractivity contribution in [2.24, 2.45) is 0 Å². The smallest absolute Gasteiger partial charge is 0.260 e. The van der Waals surface area contributed by atoms with Crippen LogP contribution in [-0.2, 0) is 4.79 Å². The maximum Gasteiger partial charge on any atom is 0.260 e. The molecular weight excluding hydrogens is 247 g/mol. The van der Waals surface area contributed by atoms with Gasteiger partial charge in [-0.25, -0.2) is 4.39 Å². The highest BCUT2D eigenvalue weighted by Crippen LogP contribution is 2.12. The zero-order valence-corrected chi connectivity index (χ0v) is 11.6. The van der Waals surface area contributed by atoms with Crippen molar-refractivity contribution in [3.63, 3.8) is 0 Å². The van der Waals surface area contributed by atoms with E-state index in [0.717, 1.165) is 13.0 Å². The number of nitrogens with one attached hydrogen (secondary N) is 1. The van der Waals surface area contributed by atoms with Crippen LogP contribution in [0.1, 0.15) is 13.3 Å². The first-order chi connectivity index (χ1) is 8.99. The van der Waals surface area contributed by atoms with Gasteiger partial charge < -0.3 is 15.0 Å². The summed E-state index contributed by atoms with van der Waals surface area (Å²) in [6.45, 7) is 3.21. The van der Waals surface area contributed by atoms with Gasteiger partial charge in [0.25, 0.3) is 5.91 Å².